The fraction of sp³-hybridized carbons (Fsp3) is 1.00. The van der Waals surface area contributed by atoms with Gasteiger partial charge in [0.2, 0.25) is 0 Å². The van der Waals surface area contributed by atoms with Gasteiger partial charge in [-0.25, -0.2) is 4.72 Å². The predicted octanol–water partition coefficient (Wildman–Crippen LogP) is 1.93. The van der Waals surface area contributed by atoms with Gasteiger partial charge < -0.3 is 10.6 Å². The second kappa shape index (κ2) is 11.5. The lowest BCUT2D eigenvalue weighted by molar-refractivity contribution is 0.198. The minimum absolute atomic E-state index is 0.530. The quantitative estimate of drug-likeness (QED) is 0.542. The minimum Gasteiger partial charge on any atom is -0.330 e. The van der Waals surface area contributed by atoms with Crippen molar-refractivity contribution in [1.82, 2.24) is 13.9 Å². The number of piperidine rings is 1. The van der Waals surface area contributed by atoms with E-state index in [0.29, 0.717) is 19.6 Å². The molecule has 0 unspecified atom stereocenters. The Morgan fingerprint density at radius 3 is 2.28 bits per heavy atom. The molecule has 3 N–H and O–H groups in total. The van der Waals surface area contributed by atoms with Crippen molar-refractivity contribution in [3.63, 3.8) is 0 Å². The van der Waals surface area contributed by atoms with Gasteiger partial charge in [0.25, 0.3) is 10.2 Å². The monoisotopic (exact) mass is 374 g/mol. The van der Waals surface area contributed by atoms with Crippen LogP contribution in [-0.4, -0.2) is 63.4 Å². The maximum absolute atomic E-state index is 12.3. The summed E-state index contributed by atoms with van der Waals surface area (Å²) in [5, 5.41) is 0. The summed E-state index contributed by atoms with van der Waals surface area (Å²) in [6, 6.07) is 0. The van der Waals surface area contributed by atoms with Gasteiger partial charge in [-0.2, -0.15) is 12.7 Å². The molecule has 6 nitrogen and oxygen atoms in total. The zero-order valence-electron chi connectivity index (χ0n) is 15.8. The molecule has 0 aromatic rings. The van der Waals surface area contributed by atoms with Crippen molar-refractivity contribution < 1.29 is 8.42 Å². The number of hydrogen-bond donors (Lipinski definition) is 2. The smallest absolute Gasteiger partial charge is 0.279 e. The van der Waals surface area contributed by atoms with Crippen molar-refractivity contribution >= 4 is 10.2 Å². The Balaban J connectivity index is 1.69. The maximum Gasteiger partial charge on any atom is 0.279 e. The largest absolute Gasteiger partial charge is 0.330 e. The first-order valence-electron chi connectivity index (χ1n) is 10.3. The van der Waals surface area contributed by atoms with Crippen LogP contribution in [0.1, 0.15) is 64.2 Å². The van der Waals surface area contributed by atoms with Gasteiger partial charge in [0.15, 0.2) is 0 Å². The van der Waals surface area contributed by atoms with E-state index in [1.807, 2.05) is 0 Å². The van der Waals surface area contributed by atoms with E-state index in [1.54, 1.807) is 4.31 Å². The molecule has 7 heteroatoms. The Morgan fingerprint density at radius 2 is 1.60 bits per heavy atom. The fourth-order valence-electron chi connectivity index (χ4n) is 4.04. The van der Waals surface area contributed by atoms with E-state index in [0.717, 1.165) is 64.2 Å². The van der Waals surface area contributed by atoms with Gasteiger partial charge in [0, 0.05) is 26.2 Å². The highest BCUT2D eigenvalue weighted by molar-refractivity contribution is 7.87. The average Bonchev–Trinajstić information content (AvgIpc) is 2.64. The Labute approximate surface area is 154 Å². The number of hydrogen-bond acceptors (Lipinski definition) is 4. The van der Waals surface area contributed by atoms with Crippen LogP contribution in [0.3, 0.4) is 0 Å². The van der Waals surface area contributed by atoms with Crippen LogP contribution in [-0.2, 0) is 10.2 Å². The molecule has 1 saturated carbocycles. The van der Waals surface area contributed by atoms with Crippen LogP contribution in [0.25, 0.3) is 0 Å². The van der Waals surface area contributed by atoms with Crippen LogP contribution in [0.5, 0.6) is 0 Å². The summed E-state index contributed by atoms with van der Waals surface area (Å²) >= 11 is 0. The Kier molecular flexibility index (Phi) is 9.70. The molecule has 1 aliphatic carbocycles. The predicted molar refractivity (Wildman–Crippen MR) is 104 cm³/mol. The molecule has 0 spiro atoms. The molecule has 1 aliphatic heterocycles. The first-order chi connectivity index (χ1) is 12.1. The lowest BCUT2D eigenvalue weighted by atomic mass is 9.89. The van der Waals surface area contributed by atoms with E-state index < -0.39 is 10.2 Å². The van der Waals surface area contributed by atoms with E-state index in [-0.39, 0.29) is 0 Å². The van der Waals surface area contributed by atoms with Gasteiger partial charge in [-0.05, 0) is 64.1 Å². The Morgan fingerprint density at radius 1 is 0.960 bits per heavy atom. The molecule has 0 bridgehead atoms. The molecule has 2 aliphatic rings. The average molecular weight is 375 g/mol. The van der Waals surface area contributed by atoms with Gasteiger partial charge in [0.05, 0.1) is 0 Å². The first kappa shape index (κ1) is 21.1. The Bertz CT molecular complexity index is 446. The second-order valence-electron chi connectivity index (χ2n) is 7.66. The number of nitrogens with zero attached hydrogens (tertiary/aromatic N) is 2. The number of nitrogens with one attached hydrogen (secondary N) is 1. The van der Waals surface area contributed by atoms with Crippen LogP contribution in [0.4, 0.5) is 0 Å². The molecule has 0 amide bonds. The lowest BCUT2D eigenvalue weighted by Gasteiger charge is -2.30. The standard InChI is InChI=1S/C18H38N4O2S/c19-11-7-13-21(17-18-9-3-1-4-10-18)14-8-12-20-25(23,24)22-15-5-2-6-16-22/h18,20H,1-17,19H2. The number of nitrogens with two attached hydrogens (primary N) is 1. The first-order valence-corrected chi connectivity index (χ1v) is 11.7. The van der Waals surface area contributed by atoms with E-state index in [9.17, 15) is 8.42 Å². The molecule has 0 aromatic heterocycles. The molecule has 0 aromatic carbocycles. The van der Waals surface area contributed by atoms with Crippen molar-refractivity contribution in [1.29, 1.82) is 0 Å². The molecule has 2 fully saturated rings. The van der Waals surface area contributed by atoms with E-state index in [4.69, 9.17) is 5.73 Å². The number of rotatable bonds is 11. The Hall–Kier alpha value is -0.210. The molecule has 1 saturated heterocycles. The van der Waals surface area contributed by atoms with Gasteiger partial charge in [-0.3, -0.25) is 0 Å². The van der Waals surface area contributed by atoms with Gasteiger partial charge in [-0.15, -0.1) is 0 Å². The summed E-state index contributed by atoms with van der Waals surface area (Å²) in [6.07, 6.45) is 11.8. The van der Waals surface area contributed by atoms with Gasteiger partial charge >= 0.3 is 0 Å². The van der Waals surface area contributed by atoms with Crippen molar-refractivity contribution in [2.75, 3.05) is 45.8 Å². The zero-order chi connectivity index (χ0) is 18.0. The highest BCUT2D eigenvalue weighted by Crippen LogP contribution is 2.24. The van der Waals surface area contributed by atoms with Crippen LogP contribution in [0, 0.1) is 5.92 Å². The summed E-state index contributed by atoms with van der Waals surface area (Å²) in [5.74, 6) is 0.816. The van der Waals surface area contributed by atoms with Crippen molar-refractivity contribution in [2.24, 2.45) is 11.7 Å². The molecule has 0 radical (unpaired) electrons. The second-order valence-corrected chi connectivity index (χ2v) is 9.41. The molecule has 1 heterocycles. The van der Waals surface area contributed by atoms with E-state index in [2.05, 4.69) is 9.62 Å². The summed E-state index contributed by atoms with van der Waals surface area (Å²) in [4.78, 5) is 2.50. The van der Waals surface area contributed by atoms with Crippen LogP contribution < -0.4 is 10.5 Å². The topological polar surface area (TPSA) is 78.7 Å². The summed E-state index contributed by atoms with van der Waals surface area (Å²) in [7, 11) is -3.28. The third-order valence-corrected chi connectivity index (χ3v) is 7.12. The maximum atomic E-state index is 12.3. The van der Waals surface area contributed by atoms with Gasteiger partial charge in [0.1, 0.15) is 0 Å². The lowest BCUT2D eigenvalue weighted by Crippen LogP contribution is -2.44. The molecule has 25 heavy (non-hydrogen) atoms. The highest BCUT2D eigenvalue weighted by atomic mass is 32.2. The van der Waals surface area contributed by atoms with Gasteiger partial charge in [-0.1, -0.05) is 25.7 Å². The minimum atomic E-state index is -3.28. The molecule has 2 rings (SSSR count). The normalized spacial score (nSPS) is 21.0. The third kappa shape index (κ3) is 7.91. The van der Waals surface area contributed by atoms with Crippen LogP contribution in [0.2, 0.25) is 0 Å². The molecule has 148 valence electrons. The van der Waals surface area contributed by atoms with Crippen molar-refractivity contribution in [3.05, 3.63) is 0 Å². The third-order valence-electron chi connectivity index (χ3n) is 5.51. The van der Waals surface area contributed by atoms with Crippen LogP contribution >= 0.6 is 0 Å². The summed E-state index contributed by atoms with van der Waals surface area (Å²) < 4.78 is 29.0. The van der Waals surface area contributed by atoms with Crippen molar-refractivity contribution in [3.8, 4) is 0 Å². The summed E-state index contributed by atoms with van der Waals surface area (Å²) in [5.41, 5.74) is 5.68. The van der Waals surface area contributed by atoms with E-state index >= 15 is 0 Å². The van der Waals surface area contributed by atoms with Crippen molar-refractivity contribution in [2.45, 2.75) is 64.2 Å². The highest BCUT2D eigenvalue weighted by Gasteiger charge is 2.23. The SMILES string of the molecule is NCCCN(CCCNS(=O)(=O)N1CCCCC1)CC1CCCCC1. The molecular formula is C18H38N4O2S. The van der Waals surface area contributed by atoms with E-state index in [1.165, 1.54) is 32.1 Å². The summed E-state index contributed by atoms with van der Waals surface area (Å²) in [6.45, 7) is 5.73. The zero-order valence-corrected chi connectivity index (χ0v) is 16.6. The molecular weight excluding hydrogens is 336 g/mol. The van der Waals surface area contributed by atoms with Crippen LogP contribution in [0.15, 0.2) is 0 Å². The molecule has 0 atom stereocenters. The fourth-order valence-corrected chi connectivity index (χ4v) is 5.37.